The van der Waals surface area contributed by atoms with E-state index in [1.807, 2.05) is 0 Å². The predicted molar refractivity (Wildman–Crippen MR) is 83.7 cm³/mol. The molecule has 0 heterocycles. The molecule has 2 aromatic rings. The number of carbonyl (C=O) groups is 2. The van der Waals surface area contributed by atoms with Crippen LogP contribution in [0.15, 0.2) is 36.4 Å². The number of Topliss-reactive ketones (excluding diaryl/α,β-unsaturated/α-hetero) is 1. The average Bonchev–Trinajstić information content (AvgIpc) is 2.53. The third kappa shape index (κ3) is 4.39. The fourth-order valence-electron chi connectivity index (χ4n) is 2.10. The monoisotopic (exact) mass is 332 g/mol. The minimum Gasteiger partial charge on any atom is -0.507 e. The number of phenolic OH excluding ortho intramolecular Hbond substituents is 3. The van der Waals surface area contributed by atoms with Gasteiger partial charge in [0.2, 0.25) is 0 Å². The van der Waals surface area contributed by atoms with Crippen LogP contribution in [0.4, 0.5) is 0 Å². The molecule has 0 aromatic heterocycles. The highest BCUT2D eigenvalue weighted by molar-refractivity contribution is 5.98. The number of aryl methyl sites for hydroxylation is 1. The van der Waals surface area contributed by atoms with Crippen molar-refractivity contribution in [3.05, 3.63) is 47.5 Å². The predicted octanol–water partition coefficient (Wildman–Crippen LogP) is 2.08. The molecule has 0 aliphatic heterocycles. The number of carboxylic acids is 1. The minimum absolute atomic E-state index is 0.0904. The molecule has 126 valence electrons. The van der Waals surface area contributed by atoms with Gasteiger partial charge in [-0.3, -0.25) is 4.79 Å². The summed E-state index contributed by atoms with van der Waals surface area (Å²) in [5.41, 5.74) is 0.764. The van der Waals surface area contributed by atoms with Crippen molar-refractivity contribution in [3.63, 3.8) is 0 Å². The van der Waals surface area contributed by atoms with Gasteiger partial charge in [0.1, 0.15) is 11.5 Å². The maximum atomic E-state index is 12.2. The number of ketones is 1. The summed E-state index contributed by atoms with van der Waals surface area (Å²) >= 11 is 0. The van der Waals surface area contributed by atoms with Crippen LogP contribution in [0.1, 0.15) is 22.3 Å². The van der Waals surface area contributed by atoms with Crippen LogP contribution in [0.2, 0.25) is 0 Å². The number of hydrogen-bond acceptors (Lipinski definition) is 6. The zero-order chi connectivity index (χ0) is 17.7. The summed E-state index contributed by atoms with van der Waals surface area (Å²) < 4.78 is 4.91. The first-order valence-electron chi connectivity index (χ1n) is 7.08. The van der Waals surface area contributed by atoms with Crippen LogP contribution in [0, 0.1) is 0 Å². The summed E-state index contributed by atoms with van der Waals surface area (Å²) in [6, 6.07) is 8.24. The molecule has 0 atom stereocenters. The largest absolute Gasteiger partial charge is 0.507 e. The number of ether oxygens (including phenoxy) is 1. The van der Waals surface area contributed by atoms with Gasteiger partial charge in [0, 0.05) is 12.5 Å². The first-order valence-corrected chi connectivity index (χ1v) is 7.08. The minimum atomic E-state index is -1.15. The van der Waals surface area contributed by atoms with Gasteiger partial charge >= 0.3 is 5.97 Å². The Morgan fingerprint density at radius 1 is 0.917 bits per heavy atom. The van der Waals surface area contributed by atoms with Gasteiger partial charge in [-0.15, -0.1) is 0 Å². The average molecular weight is 332 g/mol. The molecule has 0 spiro atoms. The van der Waals surface area contributed by atoms with Crippen LogP contribution in [0.3, 0.4) is 0 Å². The van der Waals surface area contributed by atoms with E-state index in [4.69, 9.17) is 9.84 Å². The summed E-state index contributed by atoms with van der Waals surface area (Å²) in [6.45, 7) is -0.545. The zero-order valence-corrected chi connectivity index (χ0v) is 12.6. The van der Waals surface area contributed by atoms with E-state index in [-0.39, 0.29) is 40.8 Å². The molecule has 0 saturated heterocycles. The molecule has 0 unspecified atom stereocenters. The normalized spacial score (nSPS) is 10.3. The second-order valence-corrected chi connectivity index (χ2v) is 5.11. The Morgan fingerprint density at radius 3 is 2.29 bits per heavy atom. The fourth-order valence-corrected chi connectivity index (χ4v) is 2.10. The van der Waals surface area contributed by atoms with E-state index >= 15 is 0 Å². The van der Waals surface area contributed by atoms with Crippen molar-refractivity contribution in [2.45, 2.75) is 12.8 Å². The van der Waals surface area contributed by atoms with Gasteiger partial charge in [0.15, 0.2) is 23.9 Å². The summed E-state index contributed by atoms with van der Waals surface area (Å²) in [5, 5.41) is 37.1. The van der Waals surface area contributed by atoms with E-state index in [1.54, 1.807) is 6.07 Å². The molecule has 2 aromatic carbocycles. The van der Waals surface area contributed by atoms with Gasteiger partial charge in [-0.1, -0.05) is 6.07 Å². The molecule has 7 heteroatoms. The lowest BCUT2D eigenvalue weighted by Gasteiger charge is -2.08. The van der Waals surface area contributed by atoms with Gasteiger partial charge in [-0.25, -0.2) is 4.79 Å². The molecule has 0 bridgehead atoms. The molecule has 0 aliphatic rings. The standard InChI is InChI=1S/C17H16O7/c18-13(5-1-10-2-6-14(19)16(21)7-10)12-4-3-11(8-15(12)20)24-9-17(22)23/h2-4,6-8,19-21H,1,5,9H2,(H,22,23). The van der Waals surface area contributed by atoms with Crippen LogP contribution in [0.25, 0.3) is 0 Å². The Morgan fingerprint density at radius 2 is 1.67 bits per heavy atom. The van der Waals surface area contributed by atoms with Crippen LogP contribution < -0.4 is 4.74 Å². The first-order chi connectivity index (χ1) is 11.4. The van der Waals surface area contributed by atoms with Crippen LogP contribution in [-0.2, 0) is 11.2 Å². The summed E-state index contributed by atoms with van der Waals surface area (Å²) in [5.74, 6) is -2.11. The quantitative estimate of drug-likeness (QED) is 0.452. The molecule has 24 heavy (non-hydrogen) atoms. The Labute approximate surface area is 137 Å². The molecule has 0 aliphatic carbocycles. The third-order valence-corrected chi connectivity index (χ3v) is 3.31. The van der Waals surface area contributed by atoms with Gasteiger partial charge in [-0.2, -0.15) is 0 Å². The zero-order valence-electron chi connectivity index (χ0n) is 12.6. The van der Waals surface area contributed by atoms with Crippen molar-refractivity contribution in [2.75, 3.05) is 6.61 Å². The van der Waals surface area contributed by atoms with Crippen LogP contribution in [0.5, 0.6) is 23.0 Å². The number of benzene rings is 2. The third-order valence-electron chi connectivity index (χ3n) is 3.31. The first kappa shape index (κ1) is 17.1. The summed E-state index contributed by atoms with van der Waals surface area (Å²) in [4.78, 5) is 22.6. The molecule has 2 rings (SSSR count). The number of carboxylic acid groups (broad SMARTS) is 1. The van der Waals surface area contributed by atoms with E-state index in [0.29, 0.717) is 12.0 Å². The van der Waals surface area contributed by atoms with Gasteiger partial charge in [0.05, 0.1) is 5.56 Å². The van der Waals surface area contributed by atoms with Gasteiger partial charge in [0.25, 0.3) is 0 Å². The highest BCUT2D eigenvalue weighted by Crippen LogP contribution is 2.27. The lowest BCUT2D eigenvalue weighted by molar-refractivity contribution is -0.139. The molecule has 7 nitrogen and oxygen atoms in total. The van der Waals surface area contributed by atoms with Crippen molar-refractivity contribution in [1.29, 1.82) is 0 Å². The maximum Gasteiger partial charge on any atom is 0.341 e. The Bertz CT molecular complexity index is 768. The van der Waals surface area contributed by atoms with Crippen molar-refractivity contribution in [1.82, 2.24) is 0 Å². The van der Waals surface area contributed by atoms with Crippen LogP contribution in [-0.4, -0.2) is 38.8 Å². The molecule has 0 fully saturated rings. The molecule has 0 saturated carbocycles. The Hall–Kier alpha value is -3.22. The molecule has 0 amide bonds. The van der Waals surface area contributed by atoms with E-state index in [2.05, 4.69) is 0 Å². The maximum absolute atomic E-state index is 12.2. The Kier molecular flexibility index (Phi) is 5.26. The van der Waals surface area contributed by atoms with Crippen LogP contribution >= 0.6 is 0 Å². The molecule has 0 radical (unpaired) electrons. The molecular formula is C17H16O7. The number of carbonyl (C=O) groups excluding carboxylic acids is 1. The lowest BCUT2D eigenvalue weighted by Crippen LogP contribution is -2.09. The van der Waals surface area contributed by atoms with Crippen molar-refractivity contribution >= 4 is 11.8 Å². The fraction of sp³-hybridized carbons (Fsp3) is 0.176. The number of aliphatic carboxylic acids is 1. The number of phenols is 3. The number of rotatable bonds is 7. The lowest BCUT2D eigenvalue weighted by atomic mass is 10.0. The highest BCUT2D eigenvalue weighted by Gasteiger charge is 2.13. The highest BCUT2D eigenvalue weighted by atomic mass is 16.5. The second kappa shape index (κ2) is 7.36. The van der Waals surface area contributed by atoms with Gasteiger partial charge < -0.3 is 25.2 Å². The van der Waals surface area contributed by atoms with E-state index < -0.39 is 12.6 Å². The second-order valence-electron chi connectivity index (χ2n) is 5.11. The van der Waals surface area contributed by atoms with Crippen molar-refractivity contribution < 1.29 is 34.8 Å². The van der Waals surface area contributed by atoms with E-state index in [0.717, 1.165) is 0 Å². The summed E-state index contributed by atoms with van der Waals surface area (Å²) in [7, 11) is 0. The Balaban J connectivity index is 2.01. The molecular weight excluding hydrogens is 316 g/mol. The smallest absolute Gasteiger partial charge is 0.341 e. The van der Waals surface area contributed by atoms with Crippen molar-refractivity contribution in [3.8, 4) is 23.0 Å². The SMILES string of the molecule is O=C(O)COc1ccc(C(=O)CCc2ccc(O)c(O)c2)c(O)c1. The molecule has 4 N–H and O–H groups in total. The number of hydrogen-bond donors (Lipinski definition) is 4. The topological polar surface area (TPSA) is 124 Å². The van der Waals surface area contributed by atoms with E-state index in [9.17, 15) is 24.9 Å². The van der Waals surface area contributed by atoms with E-state index in [1.165, 1.54) is 30.3 Å². The number of aromatic hydroxyl groups is 3. The summed E-state index contributed by atoms with van der Waals surface area (Å²) in [6.07, 6.45) is 0.413. The van der Waals surface area contributed by atoms with Gasteiger partial charge in [-0.05, 0) is 36.2 Å². The van der Waals surface area contributed by atoms with Crippen molar-refractivity contribution in [2.24, 2.45) is 0 Å².